The number of nitrogens with zero attached hydrogens (tertiary/aromatic N) is 3. The van der Waals surface area contributed by atoms with Crippen molar-refractivity contribution in [3.05, 3.63) is 0 Å². The van der Waals surface area contributed by atoms with Gasteiger partial charge in [-0.05, 0) is 32.1 Å². The fourth-order valence-electron chi connectivity index (χ4n) is 2.47. The van der Waals surface area contributed by atoms with Crippen LogP contribution in [0.5, 0.6) is 12.0 Å². The third kappa shape index (κ3) is 3.94. The molecule has 19 heavy (non-hydrogen) atoms. The fourth-order valence-corrected chi connectivity index (χ4v) is 2.47. The largest absolute Gasteiger partial charge is 0.464 e. The van der Waals surface area contributed by atoms with Crippen LogP contribution in [0.4, 0.5) is 5.95 Å². The lowest BCUT2D eigenvalue weighted by molar-refractivity contribution is 0.110. The molecular formula is C13H22N4O2. The summed E-state index contributed by atoms with van der Waals surface area (Å²) in [7, 11) is 0. The van der Waals surface area contributed by atoms with E-state index in [1.807, 2.05) is 6.92 Å². The van der Waals surface area contributed by atoms with Crippen molar-refractivity contribution in [1.82, 2.24) is 15.0 Å². The first-order valence-electron chi connectivity index (χ1n) is 7.02. The topological polar surface area (TPSA) is 83.2 Å². The Balaban J connectivity index is 2.01. The zero-order valence-electron chi connectivity index (χ0n) is 11.6. The first-order chi connectivity index (χ1) is 9.21. The van der Waals surface area contributed by atoms with Crippen LogP contribution >= 0.6 is 0 Å². The smallest absolute Gasteiger partial charge is 0.324 e. The van der Waals surface area contributed by atoms with E-state index in [-0.39, 0.29) is 24.1 Å². The Bertz CT molecular complexity index is 414. The SMILES string of the molecule is CCOc1nc(N)nc(OC2CCCC(CC)C2)n1. The molecule has 6 heteroatoms. The summed E-state index contributed by atoms with van der Waals surface area (Å²) in [6, 6.07) is 0.505. The predicted octanol–water partition coefficient (Wildman–Crippen LogP) is 2.20. The quantitative estimate of drug-likeness (QED) is 0.879. The van der Waals surface area contributed by atoms with Gasteiger partial charge in [0.1, 0.15) is 6.10 Å². The van der Waals surface area contributed by atoms with Gasteiger partial charge in [-0.15, -0.1) is 4.98 Å². The molecule has 106 valence electrons. The van der Waals surface area contributed by atoms with Crippen molar-refractivity contribution in [3.8, 4) is 12.0 Å². The van der Waals surface area contributed by atoms with Crippen LogP contribution in [0, 0.1) is 5.92 Å². The van der Waals surface area contributed by atoms with Crippen LogP contribution in [0.3, 0.4) is 0 Å². The van der Waals surface area contributed by atoms with E-state index < -0.39 is 0 Å². The third-order valence-corrected chi connectivity index (χ3v) is 3.47. The van der Waals surface area contributed by atoms with Crippen molar-refractivity contribution >= 4 is 5.95 Å². The molecule has 1 aromatic rings. The van der Waals surface area contributed by atoms with Crippen LogP contribution in [-0.4, -0.2) is 27.7 Å². The molecule has 0 bridgehead atoms. The summed E-state index contributed by atoms with van der Waals surface area (Å²) in [6.07, 6.45) is 5.97. The van der Waals surface area contributed by atoms with Gasteiger partial charge in [-0.25, -0.2) is 0 Å². The monoisotopic (exact) mass is 266 g/mol. The second-order valence-electron chi connectivity index (χ2n) is 4.87. The summed E-state index contributed by atoms with van der Waals surface area (Å²) in [6.45, 7) is 4.58. The molecule has 0 aliphatic heterocycles. The van der Waals surface area contributed by atoms with Gasteiger partial charge in [0.2, 0.25) is 5.95 Å². The average molecular weight is 266 g/mol. The Kier molecular flexibility index (Phi) is 4.76. The number of anilines is 1. The summed E-state index contributed by atoms with van der Waals surface area (Å²) in [5.41, 5.74) is 5.63. The standard InChI is InChI=1S/C13H22N4O2/c1-3-9-6-5-7-10(8-9)19-13-16-11(14)15-12(17-13)18-4-2/h9-10H,3-8H2,1-2H3,(H2,14,15,16,17). The fraction of sp³-hybridized carbons (Fsp3) is 0.769. The number of rotatable bonds is 5. The summed E-state index contributed by atoms with van der Waals surface area (Å²) in [5.74, 6) is 0.876. The number of nitrogen functional groups attached to an aromatic ring is 1. The minimum atomic E-state index is 0.135. The minimum absolute atomic E-state index is 0.135. The summed E-state index contributed by atoms with van der Waals surface area (Å²) in [5, 5.41) is 0. The Morgan fingerprint density at radius 3 is 2.68 bits per heavy atom. The van der Waals surface area contributed by atoms with Crippen LogP contribution in [0.15, 0.2) is 0 Å². The molecule has 1 heterocycles. The van der Waals surface area contributed by atoms with E-state index in [9.17, 15) is 0 Å². The zero-order valence-corrected chi connectivity index (χ0v) is 11.6. The van der Waals surface area contributed by atoms with Gasteiger partial charge in [0.05, 0.1) is 6.61 Å². The lowest BCUT2D eigenvalue weighted by Gasteiger charge is -2.28. The zero-order chi connectivity index (χ0) is 13.7. The van der Waals surface area contributed by atoms with E-state index in [1.54, 1.807) is 0 Å². The van der Waals surface area contributed by atoms with Crippen molar-refractivity contribution in [2.45, 2.75) is 52.1 Å². The van der Waals surface area contributed by atoms with E-state index in [2.05, 4.69) is 21.9 Å². The summed E-state index contributed by atoms with van der Waals surface area (Å²) >= 11 is 0. The van der Waals surface area contributed by atoms with Crippen LogP contribution in [0.1, 0.15) is 46.0 Å². The first kappa shape index (κ1) is 13.8. The maximum Gasteiger partial charge on any atom is 0.324 e. The van der Waals surface area contributed by atoms with Crippen LogP contribution in [0.25, 0.3) is 0 Å². The Morgan fingerprint density at radius 1 is 1.16 bits per heavy atom. The van der Waals surface area contributed by atoms with Crippen molar-refractivity contribution in [1.29, 1.82) is 0 Å². The summed E-state index contributed by atoms with van der Waals surface area (Å²) < 4.78 is 11.1. The molecule has 0 amide bonds. The molecule has 0 saturated heterocycles. The predicted molar refractivity (Wildman–Crippen MR) is 72.1 cm³/mol. The van der Waals surface area contributed by atoms with Crippen molar-refractivity contribution in [2.75, 3.05) is 12.3 Å². The molecule has 0 spiro atoms. The van der Waals surface area contributed by atoms with Gasteiger partial charge in [0.15, 0.2) is 0 Å². The molecule has 2 rings (SSSR count). The van der Waals surface area contributed by atoms with Crippen LogP contribution in [0.2, 0.25) is 0 Å². The van der Waals surface area contributed by atoms with Crippen molar-refractivity contribution < 1.29 is 9.47 Å². The normalized spacial score (nSPS) is 23.1. The molecule has 6 nitrogen and oxygen atoms in total. The first-order valence-corrected chi connectivity index (χ1v) is 7.02. The lowest BCUT2D eigenvalue weighted by Crippen LogP contribution is -2.26. The molecule has 2 atom stereocenters. The molecule has 1 aliphatic carbocycles. The number of nitrogens with two attached hydrogens (primary N) is 1. The highest BCUT2D eigenvalue weighted by Gasteiger charge is 2.23. The highest BCUT2D eigenvalue weighted by Crippen LogP contribution is 2.29. The van der Waals surface area contributed by atoms with Gasteiger partial charge < -0.3 is 15.2 Å². The molecular weight excluding hydrogens is 244 g/mol. The number of hydrogen-bond acceptors (Lipinski definition) is 6. The molecule has 1 saturated carbocycles. The average Bonchev–Trinajstić information content (AvgIpc) is 2.38. The Labute approximate surface area is 113 Å². The van der Waals surface area contributed by atoms with E-state index >= 15 is 0 Å². The molecule has 0 radical (unpaired) electrons. The second kappa shape index (κ2) is 6.54. The molecule has 1 fully saturated rings. The van der Waals surface area contributed by atoms with E-state index in [0.717, 1.165) is 18.8 Å². The number of hydrogen-bond donors (Lipinski definition) is 1. The third-order valence-electron chi connectivity index (χ3n) is 3.47. The maximum atomic E-state index is 5.83. The molecule has 2 N–H and O–H groups in total. The van der Waals surface area contributed by atoms with Gasteiger partial charge in [0.25, 0.3) is 0 Å². The Morgan fingerprint density at radius 2 is 1.95 bits per heavy atom. The molecule has 1 aliphatic rings. The van der Waals surface area contributed by atoms with E-state index in [4.69, 9.17) is 15.2 Å². The number of ether oxygens (including phenoxy) is 2. The van der Waals surface area contributed by atoms with Gasteiger partial charge in [0, 0.05) is 0 Å². The highest BCUT2D eigenvalue weighted by atomic mass is 16.5. The molecule has 1 aromatic heterocycles. The minimum Gasteiger partial charge on any atom is -0.464 e. The lowest BCUT2D eigenvalue weighted by atomic mass is 9.86. The van der Waals surface area contributed by atoms with E-state index in [1.165, 1.54) is 19.3 Å². The van der Waals surface area contributed by atoms with Crippen LogP contribution in [-0.2, 0) is 0 Å². The van der Waals surface area contributed by atoms with Gasteiger partial charge in [-0.2, -0.15) is 9.97 Å². The van der Waals surface area contributed by atoms with Crippen molar-refractivity contribution in [2.24, 2.45) is 5.92 Å². The van der Waals surface area contributed by atoms with Gasteiger partial charge in [-0.1, -0.05) is 19.8 Å². The van der Waals surface area contributed by atoms with Gasteiger partial charge >= 0.3 is 12.0 Å². The molecule has 0 aromatic carbocycles. The van der Waals surface area contributed by atoms with E-state index in [0.29, 0.717) is 6.61 Å². The molecule has 2 unspecified atom stereocenters. The van der Waals surface area contributed by atoms with Crippen LogP contribution < -0.4 is 15.2 Å². The second-order valence-corrected chi connectivity index (χ2v) is 4.87. The van der Waals surface area contributed by atoms with Crippen molar-refractivity contribution in [3.63, 3.8) is 0 Å². The Hall–Kier alpha value is -1.59. The number of aromatic nitrogens is 3. The maximum absolute atomic E-state index is 5.83. The highest BCUT2D eigenvalue weighted by molar-refractivity contribution is 5.20. The summed E-state index contributed by atoms with van der Waals surface area (Å²) in [4.78, 5) is 12.0. The van der Waals surface area contributed by atoms with Gasteiger partial charge in [-0.3, -0.25) is 0 Å².